The highest BCUT2D eigenvalue weighted by molar-refractivity contribution is 9.10. The van der Waals surface area contributed by atoms with Gasteiger partial charge >= 0.3 is 6.18 Å². The summed E-state index contributed by atoms with van der Waals surface area (Å²) >= 11 is 3.15. The summed E-state index contributed by atoms with van der Waals surface area (Å²) in [5, 5.41) is 0. The molecule has 0 aliphatic heterocycles. The zero-order valence-electron chi connectivity index (χ0n) is 9.18. The van der Waals surface area contributed by atoms with Crippen molar-refractivity contribution in [2.45, 2.75) is 13.1 Å². The van der Waals surface area contributed by atoms with Crippen LogP contribution in [-0.4, -0.2) is 21.1 Å². The number of halogens is 4. The van der Waals surface area contributed by atoms with Crippen LogP contribution in [0.5, 0.6) is 0 Å². The van der Waals surface area contributed by atoms with Crippen LogP contribution < -0.4 is 9.44 Å². The molecule has 0 aliphatic carbocycles. The highest BCUT2D eigenvalue weighted by atomic mass is 79.9. The molecule has 0 amide bonds. The van der Waals surface area contributed by atoms with Gasteiger partial charge in [0.2, 0.25) is 0 Å². The van der Waals surface area contributed by atoms with E-state index in [1.165, 1.54) is 10.8 Å². The smallest absolute Gasteiger partial charge is 0.270 e. The second kappa shape index (κ2) is 5.45. The van der Waals surface area contributed by atoms with Gasteiger partial charge < -0.3 is 0 Å². The van der Waals surface area contributed by atoms with Gasteiger partial charge in [-0.05, 0) is 34.5 Å². The number of aryl methyl sites for hydroxylation is 1. The Morgan fingerprint density at radius 3 is 2.50 bits per heavy atom. The molecule has 1 aromatic carbocycles. The fraction of sp³-hybridized carbons (Fsp3) is 0.333. The molecule has 102 valence electrons. The standard InChI is InChI=1S/C9H10BrF3N2O2S/c1-6-3-2-4-7(8(6)10)15-18(16,17)14-5-9(11,12)13/h2-4,14-15H,5H2,1H3. The first-order valence-corrected chi connectivity index (χ1v) is 6.97. The fourth-order valence-electron chi connectivity index (χ4n) is 1.08. The molecule has 0 atom stereocenters. The highest BCUT2D eigenvalue weighted by Crippen LogP contribution is 2.26. The second-order valence-electron chi connectivity index (χ2n) is 3.48. The van der Waals surface area contributed by atoms with Crippen molar-refractivity contribution in [1.82, 2.24) is 4.72 Å². The number of benzene rings is 1. The first-order chi connectivity index (χ1) is 8.11. The number of nitrogens with one attached hydrogen (secondary N) is 2. The zero-order valence-corrected chi connectivity index (χ0v) is 11.6. The molecular weight excluding hydrogens is 337 g/mol. The van der Waals surface area contributed by atoms with Gasteiger partial charge in [0.1, 0.15) is 6.54 Å². The lowest BCUT2D eigenvalue weighted by atomic mass is 10.2. The Labute approximate surface area is 111 Å². The van der Waals surface area contributed by atoms with Crippen LogP contribution in [0.4, 0.5) is 18.9 Å². The fourth-order valence-corrected chi connectivity index (χ4v) is 2.46. The Hall–Kier alpha value is -0.800. The monoisotopic (exact) mass is 346 g/mol. The van der Waals surface area contributed by atoms with Gasteiger partial charge in [0, 0.05) is 4.47 Å². The van der Waals surface area contributed by atoms with Gasteiger partial charge in [-0.15, -0.1) is 0 Å². The Morgan fingerprint density at radius 1 is 1.33 bits per heavy atom. The minimum Gasteiger partial charge on any atom is -0.270 e. The van der Waals surface area contributed by atoms with Crippen LogP contribution in [-0.2, 0) is 10.2 Å². The molecule has 0 unspecified atom stereocenters. The molecule has 0 aromatic heterocycles. The van der Waals surface area contributed by atoms with E-state index in [9.17, 15) is 21.6 Å². The summed E-state index contributed by atoms with van der Waals surface area (Å²) in [5.74, 6) is 0. The molecule has 0 aliphatic rings. The van der Waals surface area contributed by atoms with Crippen molar-refractivity contribution in [1.29, 1.82) is 0 Å². The minimum absolute atomic E-state index is 0.171. The molecule has 0 saturated heterocycles. The largest absolute Gasteiger partial charge is 0.402 e. The first-order valence-electron chi connectivity index (χ1n) is 4.70. The molecule has 2 N–H and O–H groups in total. The predicted octanol–water partition coefficient (Wildman–Crippen LogP) is 2.57. The summed E-state index contributed by atoms with van der Waals surface area (Å²) in [4.78, 5) is 0. The van der Waals surface area contributed by atoms with Crippen molar-refractivity contribution in [3.8, 4) is 0 Å². The van der Waals surface area contributed by atoms with E-state index < -0.39 is 22.9 Å². The predicted molar refractivity (Wildman–Crippen MR) is 65.5 cm³/mol. The van der Waals surface area contributed by atoms with Crippen molar-refractivity contribution >= 4 is 31.8 Å². The lowest BCUT2D eigenvalue weighted by molar-refractivity contribution is -0.121. The highest BCUT2D eigenvalue weighted by Gasteiger charge is 2.29. The Kier molecular flexibility index (Phi) is 4.62. The van der Waals surface area contributed by atoms with Crippen LogP contribution in [0, 0.1) is 6.92 Å². The molecule has 9 heteroatoms. The minimum atomic E-state index is -4.60. The Balaban J connectivity index is 2.80. The maximum Gasteiger partial charge on any atom is 0.402 e. The quantitative estimate of drug-likeness (QED) is 0.880. The number of anilines is 1. The van der Waals surface area contributed by atoms with Crippen LogP contribution >= 0.6 is 15.9 Å². The van der Waals surface area contributed by atoms with Gasteiger partial charge in [-0.25, -0.2) is 0 Å². The topological polar surface area (TPSA) is 58.2 Å². The van der Waals surface area contributed by atoms with E-state index >= 15 is 0 Å². The number of alkyl halides is 3. The van der Waals surface area contributed by atoms with Gasteiger partial charge in [-0.2, -0.15) is 26.3 Å². The van der Waals surface area contributed by atoms with E-state index in [-0.39, 0.29) is 5.69 Å². The second-order valence-corrected chi connectivity index (χ2v) is 5.77. The summed E-state index contributed by atoms with van der Waals surface area (Å²) in [6.07, 6.45) is -4.60. The summed E-state index contributed by atoms with van der Waals surface area (Å²) < 4.78 is 62.3. The first kappa shape index (κ1) is 15.3. The van der Waals surface area contributed by atoms with Crippen molar-refractivity contribution < 1.29 is 21.6 Å². The maximum absolute atomic E-state index is 11.9. The number of hydrogen-bond donors (Lipinski definition) is 2. The average Bonchev–Trinajstić information content (AvgIpc) is 2.21. The SMILES string of the molecule is Cc1cccc(NS(=O)(=O)NCC(F)(F)F)c1Br. The Bertz CT molecular complexity index is 531. The average molecular weight is 347 g/mol. The van der Waals surface area contributed by atoms with Gasteiger partial charge in [-0.3, -0.25) is 4.72 Å². The number of rotatable bonds is 4. The van der Waals surface area contributed by atoms with Crippen LogP contribution in [0.3, 0.4) is 0 Å². The summed E-state index contributed by atoms with van der Waals surface area (Å²) in [7, 11) is -4.26. The molecule has 0 heterocycles. The van der Waals surface area contributed by atoms with Crippen molar-refractivity contribution in [2.24, 2.45) is 0 Å². The molecule has 1 aromatic rings. The number of hydrogen-bond acceptors (Lipinski definition) is 2. The van der Waals surface area contributed by atoms with Crippen molar-refractivity contribution in [2.75, 3.05) is 11.3 Å². The lowest BCUT2D eigenvalue weighted by Crippen LogP contribution is -2.37. The van der Waals surface area contributed by atoms with E-state index in [1.54, 1.807) is 19.1 Å². The van der Waals surface area contributed by atoms with E-state index in [4.69, 9.17) is 0 Å². The van der Waals surface area contributed by atoms with E-state index in [0.717, 1.165) is 5.56 Å². The molecule has 4 nitrogen and oxygen atoms in total. The molecule has 18 heavy (non-hydrogen) atoms. The summed E-state index contributed by atoms with van der Waals surface area (Å²) in [6, 6.07) is 4.75. The van der Waals surface area contributed by atoms with Gasteiger partial charge in [-0.1, -0.05) is 12.1 Å². The molecule has 0 fully saturated rings. The molecule has 0 bridgehead atoms. The zero-order chi connectivity index (χ0) is 14.0. The molecule has 0 spiro atoms. The Morgan fingerprint density at radius 2 is 1.94 bits per heavy atom. The molecule has 0 saturated carbocycles. The molecule has 1 rings (SSSR count). The van der Waals surface area contributed by atoms with Crippen LogP contribution in [0.25, 0.3) is 0 Å². The van der Waals surface area contributed by atoms with Crippen molar-refractivity contribution in [3.05, 3.63) is 28.2 Å². The van der Waals surface area contributed by atoms with Crippen LogP contribution in [0.1, 0.15) is 5.56 Å². The third kappa shape index (κ3) is 4.83. The summed E-state index contributed by atoms with van der Waals surface area (Å²) in [5.41, 5.74) is 0.927. The van der Waals surface area contributed by atoms with Crippen LogP contribution in [0.15, 0.2) is 22.7 Å². The normalized spacial score (nSPS) is 12.5. The van der Waals surface area contributed by atoms with Gasteiger partial charge in [0.15, 0.2) is 0 Å². The third-order valence-electron chi connectivity index (χ3n) is 1.90. The van der Waals surface area contributed by atoms with E-state index in [1.807, 2.05) is 4.72 Å². The lowest BCUT2D eigenvalue weighted by Gasteiger charge is -2.13. The molecular formula is C9H10BrF3N2O2S. The van der Waals surface area contributed by atoms with Gasteiger partial charge in [0.25, 0.3) is 10.2 Å². The molecule has 0 radical (unpaired) electrons. The van der Waals surface area contributed by atoms with Crippen molar-refractivity contribution in [3.63, 3.8) is 0 Å². The van der Waals surface area contributed by atoms with Crippen LogP contribution in [0.2, 0.25) is 0 Å². The van der Waals surface area contributed by atoms with Gasteiger partial charge in [0.05, 0.1) is 5.69 Å². The maximum atomic E-state index is 11.9. The van der Waals surface area contributed by atoms with E-state index in [0.29, 0.717) is 4.47 Å². The summed E-state index contributed by atoms with van der Waals surface area (Å²) in [6.45, 7) is 0.108. The van der Waals surface area contributed by atoms with E-state index in [2.05, 4.69) is 15.9 Å². The third-order valence-corrected chi connectivity index (χ3v) is 3.96.